The number of hydrogen-bond donors (Lipinski definition) is 1. The predicted molar refractivity (Wildman–Crippen MR) is 101 cm³/mol. The summed E-state index contributed by atoms with van der Waals surface area (Å²) in [5.41, 5.74) is 2.62. The van der Waals surface area contributed by atoms with Crippen LogP contribution in [0, 0.1) is 11.6 Å². The van der Waals surface area contributed by atoms with Gasteiger partial charge < -0.3 is 19.4 Å². The van der Waals surface area contributed by atoms with Crippen LogP contribution in [0.2, 0.25) is 0 Å². The molecule has 4 rings (SSSR count). The van der Waals surface area contributed by atoms with Crippen LogP contribution < -0.4 is 10.1 Å². The minimum Gasteiger partial charge on any atom is -0.497 e. The van der Waals surface area contributed by atoms with E-state index < -0.39 is 11.6 Å². The summed E-state index contributed by atoms with van der Waals surface area (Å²) < 4.78 is 39.4. The lowest BCUT2D eigenvalue weighted by atomic mass is 10.1. The summed E-state index contributed by atoms with van der Waals surface area (Å²) in [5, 5.41) is 3.24. The first-order valence-corrected chi connectivity index (χ1v) is 9.09. The van der Waals surface area contributed by atoms with E-state index in [1.165, 1.54) is 6.07 Å². The Kier molecular flexibility index (Phi) is 5.36. The van der Waals surface area contributed by atoms with Crippen molar-refractivity contribution in [3.63, 3.8) is 0 Å². The molecule has 0 spiro atoms. The molecular formula is C21H21F2N3O2. The number of ether oxygens (including phenoxy) is 2. The highest BCUT2D eigenvalue weighted by molar-refractivity contribution is 5.59. The van der Waals surface area contributed by atoms with Crippen molar-refractivity contribution in [3.05, 3.63) is 71.7 Å². The topological polar surface area (TPSA) is 48.3 Å². The molecule has 146 valence electrons. The second-order valence-electron chi connectivity index (χ2n) is 6.74. The van der Waals surface area contributed by atoms with Crippen molar-refractivity contribution in [1.29, 1.82) is 0 Å². The van der Waals surface area contributed by atoms with Gasteiger partial charge in [-0.25, -0.2) is 13.8 Å². The smallest absolute Gasteiger partial charge is 0.159 e. The monoisotopic (exact) mass is 385 g/mol. The number of hydrogen-bond acceptors (Lipinski definition) is 4. The van der Waals surface area contributed by atoms with E-state index in [9.17, 15) is 8.78 Å². The molecular weight excluding hydrogens is 364 g/mol. The number of methoxy groups -OCH3 is 1. The molecule has 0 saturated heterocycles. The Balaban J connectivity index is 1.35. The lowest BCUT2D eigenvalue weighted by Crippen LogP contribution is -2.36. The molecule has 2 heterocycles. The molecule has 5 nitrogen and oxygen atoms in total. The molecule has 2 aromatic carbocycles. The molecule has 7 heteroatoms. The molecule has 1 N–H and O–H groups in total. The Morgan fingerprint density at radius 1 is 1.18 bits per heavy atom. The van der Waals surface area contributed by atoms with Gasteiger partial charge in [-0.15, -0.1) is 0 Å². The molecule has 3 aromatic rings. The van der Waals surface area contributed by atoms with E-state index in [4.69, 9.17) is 9.47 Å². The second kappa shape index (κ2) is 8.08. The zero-order chi connectivity index (χ0) is 19.5. The van der Waals surface area contributed by atoms with Crippen LogP contribution in [0.5, 0.6) is 5.75 Å². The van der Waals surface area contributed by atoms with Crippen LogP contribution in [-0.2, 0) is 24.4 Å². The molecule has 0 radical (unpaired) electrons. The molecule has 1 aliphatic rings. The van der Waals surface area contributed by atoms with E-state index in [0.717, 1.165) is 28.9 Å². The van der Waals surface area contributed by atoms with Crippen molar-refractivity contribution in [2.75, 3.05) is 13.7 Å². The molecule has 28 heavy (non-hydrogen) atoms. The maximum atomic E-state index is 13.3. The number of fused-ring (bicyclic) bond motifs is 1. The van der Waals surface area contributed by atoms with Crippen molar-refractivity contribution in [1.82, 2.24) is 14.9 Å². The van der Waals surface area contributed by atoms with Gasteiger partial charge in [-0.3, -0.25) is 0 Å². The van der Waals surface area contributed by atoms with Crippen LogP contribution >= 0.6 is 0 Å². The molecule has 1 atom stereocenters. The van der Waals surface area contributed by atoms with Gasteiger partial charge in [-0.1, -0.05) is 6.07 Å². The van der Waals surface area contributed by atoms with E-state index in [1.54, 1.807) is 13.2 Å². The quantitative estimate of drug-likeness (QED) is 0.705. The van der Waals surface area contributed by atoms with Gasteiger partial charge in [0.05, 0.1) is 25.5 Å². The highest BCUT2D eigenvalue weighted by Crippen LogP contribution is 2.24. The number of rotatable bonds is 6. The van der Waals surface area contributed by atoms with Crippen molar-refractivity contribution in [2.24, 2.45) is 0 Å². The summed E-state index contributed by atoms with van der Waals surface area (Å²) in [5.74, 6) is 0.0351. The summed E-state index contributed by atoms with van der Waals surface area (Å²) in [4.78, 5) is 4.66. The van der Waals surface area contributed by atoms with Gasteiger partial charge in [0.2, 0.25) is 0 Å². The third-order valence-corrected chi connectivity index (χ3v) is 4.78. The summed E-state index contributed by atoms with van der Waals surface area (Å²) in [6.45, 7) is 2.18. The Bertz CT molecular complexity index is 957. The van der Waals surface area contributed by atoms with E-state index in [2.05, 4.69) is 14.9 Å². The number of benzene rings is 2. The first kappa shape index (κ1) is 18.6. The van der Waals surface area contributed by atoms with Gasteiger partial charge >= 0.3 is 0 Å². The molecule has 0 unspecified atom stereocenters. The van der Waals surface area contributed by atoms with Crippen LogP contribution in [0.15, 0.2) is 48.7 Å². The van der Waals surface area contributed by atoms with Crippen molar-refractivity contribution in [3.8, 4) is 17.0 Å². The highest BCUT2D eigenvalue weighted by atomic mass is 19.2. The fourth-order valence-electron chi connectivity index (χ4n) is 3.24. The van der Waals surface area contributed by atoms with Gasteiger partial charge in [0.25, 0.3) is 0 Å². The second-order valence-corrected chi connectivity index (χ2v) is 6.74. The van der Waals surface area contributed by atoms with Crippen LogP contribution in [0.1, 0.15) is 11.4 Å². The standard InChI is InChI=1S/C21H21F2N3O2/c1-27-16-5-3-15(4-6-16)20-12-26-11-17(28-13-21(26)25-20)10-24-9-14-2-7-18(22)19(23)8-14/h2-8,12,17,24H,9-11,13H2,1H3/t17-/m0/s1. The predicted octanol–water partition coefficient (Wildman–Crippen LogP) is 3.53. The van der Waals surface area contributed by atoms with Gasteiger partial charge in [-0.2, -0.15) is 0 Å². The van der Waals surface area contributed by atoms with E-state index in [0.29, 0.717) is 31.8 Å². The zero-order valence-corrected chi connectivity index (χ0v) is 15.5. The number of imidazole rings is 1. The fraction of sp³-hybridized carbons (Fsp3) is 0.286. The van der Waals surface area contributed by atoms with E-state index in [1.807, 2.05) is 30.5 Å². The molecule has 0 aliphatic carbocycles. The number of nitrogens with zero attached hydrogens (tertiary/aromatic N) is 2. The largest absolute Gasteiger partial charge is 0.497 e. The number of aromatic nitrogens is 2. The molecule has 0 fully saturated rings. The lowest BCUT2D eigenvalue weighted by Gasteiger charge is -2.24. The van der Waals surface area contributed by atoms with Crippen LogP contribution in [-0.4, -0.2) is 29.3 Å². The molecule has 0 bridgehead atoms. The first-order valence-electron chi connectivity index (χ1n) is 9.09. The van der Waals surface area contributed by atoms with Gasteiger partial charge in [-0.05, 0) is 42.0 Å². The average molecular weight is 385 g/mol. The summed E-state index contributed by atoms with van der Waals surface area (Å²) in [7, 11) is 1.64. The Morgan fingerprint density at radius 2 is 2.00 bits per heavy atom. The maximum absolute atomic E-state index is 13.3. The van der Waals surface area contributed by atoms with Crippen LogP contribution in [0.4, 0.5) is 8.78 Å². The Labute approximate surface area is 161 Å². The highest BCUT2D eigenvalue weighted by Gasteiger charge is 2.21. The minimum absolute atomic E-state index is 0.0179. The number of halogens is 2. The molecule has 0 amide bonds. The molecule has 0 saturated carbocycles. The molecule has 1 aliphatic heterocycles. The fourth-order valence-corrected chi connectivity index (χ4v) is 3.24. The van der Waals surface area contributed by atoms with Crippen molar-refractivity contribution in [2.45, 2.75) is 25.8 Å². The van der Waals surface area contributed by atoms with Crippen LogP contribution in [0.3, 0.4) is 0 Å². The van der Waals surface area contributed by atoms with E-state index in [-0.39, 0.29) is 6.10 Å². The minimum atomic E-state index is -0.834. The summed E-state index contributed by atoms with van der Waals surface area (Å²) in [6.07, 6.45) is 2.01. The Hall–Kier alpha value is -2.77. The van der Waals surface area contributed by atoms with E-state index >= 15 is 0 Å². The summed E-state index contributed by atoms with van der Waals surface area (Å²) in [6, 6.07) is 11.7. The SMILES string of the molecule is COc1ccc(-c2cn3c(n2)CO[C@@H](CNCc2ccc(F)c(F)c2)C3)cc1. The van der Waals surface area contributed by atoms with Crippen molar-refractivity contribution < 1.29 is 18.3 Å². The third kappa shape index (κ3) is 4.05. The van der Waals surface area contributed by atoms with Gasteiger partial charge in [0.15, 0.2) is 11.6 Å². The average Bonchev–Trinajstić information content (AvgIpc) is 3.14. The van der Waals surface area contributed by atoms with Crippen molar-refractivity contribution >= 4 is 0 Å². The number of nitrogens with one attached hydrogen (secondary N) is 1. The van der Waals surface area contributed by atoms with Gasteiger partial charge in [0, 0.05) is 24.8 Å². The maximum Gasteiger partial charge on any atom is 0.159 e. The summed E-state index contributed by atoms with van der Waals surface area (Å²) >= 11 is 0. The van der Waals surface area contributed by atoms with Crippen LogP contribution in [0.25, 0.3) is 11.3 Å². The molecule has 1 aromatic heterocycles. The third-order valence-electron chi connectivity index (χ3n) is 4.78. The lowest BCUT2D eigenvalue weighted by molar-refractivity contribution is 0.00278. The van der Waals surface area contributed by atoms with Gasteiger partial charge in [0.1, 0.15) is 18.2 Å². The Morgan fingerprint density at radius 3 is 2.75 bits per heavy atom. The first-order chi connectivity index (χ1) is 13.6. The normalized spacial score (nSPS) is 16.0. The zero-order valence-electron chi connectivity index (χ0n) is 15.5.